The molecule has 0 radical (unpaired) electrons. The molecule has 2 aromatic carbocycles. The Kier molecular flexibility index (Phi) is 3.61. The van der Waals surface area contributed by atoms with Gasteiger partial charge in [0.05, 0.1) is 10.2 Å². The molecule has 0 spiro atoms. The van der Waals surface area contributed by atoms with Crippen LogP contribution in [0.1, 0.15) is 35.7 Å². The van der Waals surface area contributed by atoms with E-state index >= 15 is 0 Å². The van der Waals surface area contributed by atoms with Crippen molar-refractivity contribution in [2.45, 2.75) is 19.8 Å². The predicted octanol–water partition coefficient (Wildman–Crippen LogP) is 4.40. The van der Waals surface area contributed by atoms with Crippen LogP contribution in [0.5, 0.6) is 11.5 Å². The Labute approximate surface area is 143 Å². The maximum Gasteiger partial charge on any atom is 0.257 e. The Hall–Kier alpha value is -2.60. The number of benzene rings is 2. The number of aromatic nitrogens is 1. The van der Waals surface area contributed by atoms with E-state index in [1.165, 1.54) is 16.9 Å². The molecule has 6 heteroatoms. The molecular formula is C18H16N2O3S. The highest BCUT2D eigenvalue weighted by Gasteiger charge is 2.17. The first kappa shape index (κ1) is 15.0. The maximum atomic E-state index is 12.5. The van der Waals surface area contributed by atoms with Gasteiger partial charge in [0.25, 0.3) is 5.91 Å². The molecule has 1 aliphatic rings. The van der Waals surface area contributed by atoms with E-state index in [9.17, 15) is 4.79 Å². The highest BCUT2D eigenvalue weighted by Crippen LogP contribution is 2.34. The van der Waals surface area contributed by atoms with Crippen molar-refractivity contribution in [3.8, 4) is 11.5 Å². The Morgan fingerprint density at radius 3 is 2.88 bits per heavy atom. The van der Waals surface area contributed by atoms with Gasteiger partial charge in [-0.15, -0.1) is 0 Å². The monoisotopic (exact) mass is 340 g/mol. The number of fused-ring (bicyclic) bond motifs is 2. The number of hydrogen-bond acceptors (Lipinski definition) is 5. The molecule has 5 nitrogen and oxygen atoms in total. The van der Waals surface area contributed by atoms with Gasteiger partial charge in [0.1, 0.15) is 0 Å². The molecule has 24 heavy (non-hydrogen) atoms. The van der Waals surface area contributed by atoms with Crippen molar-refractivity contribution in [1.82, 2.24) is 4.98 Å². The lowest BCUT2D eigenvalue weighted by Gasteiger charge is -2.05. The van der Waals surface area contributed by atoms with Crippen LogP contribution >= 0.6 is 11.3 Å². The lowest BCUT2D eigenvalue weighted by molar-refractivity contribution is 0.102. The predicted molar refractivity (Wildman–Crippen MR) is 94.2 cm³/mol. The first-order valence-electron chi connectivity index (χ1n) is 7.72. The number of thiazole rings is 1. The number of ether oxygens (including phenoxy) is 2. The molecular weight excluding hydrogens is 324 g/mol. The van der Waals surface area contributed by atoms with Crippen LogP contribution in [-0.4, -0.2) is 17.7 Å². The molecule has 1 N–H and O–H groups in total. The average molecular weight is 340 g/mol. The summed E-state index contributed by atoms with van der Waals surface area (Å²) in [5.41, 5.74) is 2.66. The third kappa shape index (κ3) is 2.59. The number of anilines is 1. The number of nitrogens with one attached hydrogen (secondary N) is 1. The van der Waals surface area contributed by atoms with Gasteiger partial charge in [-0.05, 0) is 35.7 Å². The van der Waals surface area contributed by atoms with E-state index in [-0.39, 0.29) is 12.7 Å². The van der Waals surface area contributed by atoms with Gasteiger partial charge in [0.15, 0.2) is 16.6 Å². The molecule has 1 aromatic heterocycles. The number of carbonyl (C=O) groups excluding carboxylic acids is 1. The second-order valence-electron chi connectivity index (χ2n) is 5.89. The number of rotatable bonds is 3. The van der Waals surface area contributed by atoms with Crippen molar-refractivity contribution < 1.29 is 14.3 Å². The van der Waals surface area contributed by atoms with Gasteiger partial charge in [0.2, 0.25) is 6.79 Å². The summed E-state index contributed by atoms with van der Waals surface area (Å²) in [7, 11) is 0. The third-order valence-electron chi connectivity index (χ3n) is 3.93. The number of para-hydroxylation sites is 1. The van der Waals surface area contributed by atoms with Crippen LogP contribution in [0.15, 0.2) is 36.4 Å². The van der Waals surface area contributed by atoms with E-state index in [1.807, 2.05) is 12.1 Å². The topological polar surface area (TPSA) is 60.5 Å². The summed E-state index contributed by atoms with van der Waals surface area (Å²) in [6, 6.07) is 11.3. The maximum absolute atomic E-state index is 12.5. The second kappa shape index (κ2) is 5.79. The molecule has 1 amide bonds. The Morgan fingerprint density at radius 2 is 2.04 bits per heavy atom. The molecule has 1 aliphatic heterocycles. The van der Waals surface area contributed by atoms with E-state index in [1.54, 1.807) is 18.2 Å². The molecule has 0 saturated carbocycles. The molecule has 0 unspecified atom stereocenters. The Bertz CT molecular complexity index is 933. The molecule has 0 atom stereocenters. The minimum atomic E-state index is -0.210. The van der Waals surface area contributed by atoms with Crippen LogP contribution in [0.3, 0.4) is 0 Å². The van der Waals surface area contributed by atoms with Crippen LogP contribution in [0.4, 0.5) is 5.13 Å². The summed E-state index contributed by atoms with van der Waals surface area (Å²) in [5, 5.41) is 3.48. The fourth-order valence-corrected chi connectivity index (χ4v) is 3.59. The van der Waals surface area contributed by atoms with Crippen molar-refractivity contribution in [3.05, 3.63) is 47.5 Å². The quantitative estimate of drug-likeness (QED) is 0.767. The summed E-state index contributed by atoms with van der Waals surface area (Å²) in [4.78, 5) is 17.1. The van der Waals surface area contributed by atoms with E-state index < -0.39 is 0 Å². The molecule has 0 fully saturated rings. The van der Waals surface area contributed by atoms with Crippen molar-refractivity contribution in [1.29, 1.82) is 0 Å². The van der Waals surface area contributed by atoms with E-state index in [0.717, 1.165) is 10.2 Å². The lowest BCUT2D eigenvalue weighted by Crippen LogP contribution is -2.11. The Morgan fingerprint density at radius 1 is 1.21 bits per heavy atom. The Balaban J connectivity index is 1.62. The van der Waals surface area contributed by atoms with Crippen LogP contribution in [-0.2, 0) is 0 Å². The molecule has 0 saturated heterocycles. The van der Waals surface area contributed by atoms with E-state index in [4.69, 9.17) is 9.47 Å². The zero-order valence-electron chi connectivity index (χ0n) is 13.3. The summed E-state index contributed by atoms with van der Waals surface area (Å²) in [6.45, 7) is 4.47. The van der Waals surface area contributed by atoms with Crippen LogP contribution in [0, 0.1) is 0 Å². The molecule has 0 bridgehead atoms. The van der Waals surface area contributed by atoms with Gasteiger partial charge < -0.3 is 9.47 Å². The second-order valence-corrected chi connectivity index (χ2v) is 6.92. The molecule has 3 aromatic rings. The van der Waals surface area contributed by atoms with Gasteiger partial charge in [-0.2, -0.15) is 0 Å². The van der Waals surface area contributed by atoms with E-state index in [2.05, 4.69) is 30.2 Å². The van der Waals surface area contributed by atoms with Crippen LogP contribution in [0.25, 0.3) is 10.2 Å². The molecule has 4 rings (SSSR count). The number of hydrogen-bond donors (Lipinski definition) is 1. The molecule has 122 valence electrons. The average Bonchev–Trinajstić information content (AvgIpc) is 3.19. The fraction of sp³-hybridized carbons (Fsp3) is 0.222. The first-order valence-corrected chi connectivity index (χ1v) is 8.54. The number of nitrogens with zero attached hydrogens (tertiary/aromatic N) is 1. The van der Waals surface area contributed by atoms with E-state index in [0.29, 0.717) is 28.1 Å². The van der Waals surface area contributed by atoms with Crippen molar-refractivity contribution in [2.75, 3.05) is 12.1 Å². The SMILES string of the molecule is CC(C)c1cccc2sc(NC(=O)c3ccc4c(c3)OCO4)nc12. The summed E-state index contributed by atoms with van der Waals surface area (Å²) >= 11 is 1.48. The smallest absolute Gasteiger partial charge is 0.257 e. The van der Waals surface area contributed by atoms with Crippen LogP contribution < -0.4 is 14.8 Å². The standard InChI is InChI=1S/C18H16N2O3S/c1-10(2)12-4-3-5-15-16(12)19-18(24-15)20-17(21)11-6-7-13-14(8-11)23-9-22-13/h3-8,10H,9H2,1-2H3,(H,19,20,21). The van der Waals surface area contributed by atoms with Crippen molar-refractivity contribution in [2.24, 2.45) is 0 Å². The summed E-state index contributed by atoms with van der Waals surface area (Å²) in [5.74, 6) is 1.42. The van der Waals surface area contributed by atoms with Gasteiger partial charge in [-0.1, -0.05) is 37.3 Å². The normalized spacial score (nSPS) is 12.8. The van der Waals surface area contributed by atoms with Crippen molar-refractivity contribution in [3.63, 3.8) is 0 Å². The van der Waals surface area contributed by atoms with Gasteiger partial charge in [0, 0.05) is 5.56 Å². The summed E-state index contributed by atoms with van der Waals surface area (Å²) in [6.07, 6.45) is 0. The zero-order chi connectivity index (χ0) is 16.7. The van der Waals surface area contributed by atoms with Crippen molar-refractivity contribution >= 4 is 32.6 Å². The van der Waals surface area contributed by atoms with Gasteiger partial charge in [-0.3, -0.25) is 10.1 Å². The third-order valence-corrected chi connectivity index (χ3v) is 4.86. The minimum Gasteiger partial charge on any atom is -0.454 e. The zero-order valence-corrected chi connectivity index (χ0v) is 14.1. The summed E-state index contributed by atoms with van der Waals surface area (Å²) < 4.78 is 11.6. The van der Waals surface area contributed by atoms with Gasteiger partial charge in [-0.25, -0.2) is 4.98 Å². The fourth-order valence-electron chi connectivity index (χ4n) is 2.70. The lowest BCUT2D eigenvalue weighted by atomic mass is 10.0. The first-order chi connectivity index (χ1) is 11.6. The van der Waals surface area contributed by atoms with Gasteiger partial charge >= 0.3 is 0 Å². The highest BCUT2D eigenvalue weighted by atomic mass is 32.1. The minimum absolute atomic E-state index is 0.191. The number of carbonyl (C=O) groups is 1. The molecule has 0 aliphatic carbocycles. The molecule has 2 heterocycles. The van der Waals surface area contributed by atoms with Crippen LogP contribution in [0.2, 0.25) is 0 Å². The number of amides is 1. The highest BCUT2D eigenvalue weighted by molar-refractivity contribution is 7.22. The largest absolute Gasteiger partial charge is 0.454 e.